The highest BCUT2D eigenvalue weighted by atomic mass is 32.2. The summed E-state index contributed by atoms with van der Waals surface area (Å²) in [6.45, 7) is 1.81. The van der Waals surface area contributed by atoms with Crippen LogP contribution in [-0.4, -0.2) is 55.8 Å². The Morgan fingerprint density at radius 3 is 2.35 bits per heavy atom. The van der Waals surface area contributed by atoms with Gasteiger partial charge in [-0.3, -0.25) is 4.79 Å². The first-order valence-electron chi connectivity index (χ1n) is 6.29. The van der Waals surface area contributed by atoms with Crippen molar-refractivity contribution in [3.63, 3.8) is 0 Å². The van der Waals surface area contributed by atoms with E-state index in [2.05, 4.69) is 0 Å². The molecular formula is C13H20N2O4S. The zero-order valence-electron chi connectivity index (χ0n) is 11.9. The zero-order chi connectivity index (χ0) is 15.3. The molecular weight excluding hydrogens is 280 g/mol. The summed E-state index contributed by atoms with van der Waals surface area (Å²) in [7, 11) is -0.750. The molecule has 0 bridgehead atoms. The van der Waals surface area contributed by atoms with Gasteiger partial charge in [0.15, 0.2) is 0 Å². The third-order valence-corrected chi connectivity index (χ3v) is 4.66. The largest absolute Gasteiger partial charge is 0.507 e. The second kappa shape index (κ2) is 6.71. The molecule has 7 heteroatoms. The number of rotatable bonds is 6. The van der Waals surface area contributed by atoms with Crippen LogP contribution in [-0.2, 0) is 14.8 Å². The van der Waals surface area contributed by atoms with E-state index in [1.54, 1.807) is 20.2 Å². The van der Waals surface area contributed by atoms with E-state index in [9.17, 15) is 18.3 Å². The van der Waals surface area contributed by atoms with Gasteiger partial charge in [-0.25, -0.2) is 8.42 Å². The van der Waals surface area contributed by atoms with E-state index in [4.69, 9.17) is 0 Å². The predicted molar refractivity (Wildman–Crippen MR) is 75.9 cm³/mol. The number of likely N-dealkylation sites (N-methyl/N-ethyl adjacent to an activating group) is 1. The van der Waals surface area contributed by atoms with E-state index in [0.717, 1.165) is 4.31 Å². The van der Waals surface area contributed by atoms with Crippen molar-refractivity contribution in [2.45, 2.75) is 18.2 Å². The van der Waals surface area contributed by atoms with Gasteiger partial charge in [-0.2, -0.15) is 4.31 Å². The zero-order valence-corrected chi connectivity index (χ0v) is 12.7. The second-order valence-corrected chi connectivity index (χ2v) is 6.50. The maximum Gasteiger partial charge on any atom is 0.247 e. The van der Waals surface area contributed by atoms with Gasteiger partial charge < -0.3 is 10.0 Å². The van der Waals surface area contributed by atoms with Crippen LogP contribution in [0.15, 0.2) is 29.2 Å². The lowest BCUT2D eigenvalue weighted by molar-refractivity contribution is -0.128. The van der Waals surface area contributed by atoms with Crippen molar-refractivity contribution < 1.29 is 18.3 Å². The predicted octanol–water partition coefficient (Wildman–Crippen LogP) is 0.881. The lowest BCUT2D eigenvalue weighted by Gasteiger charge is -2.23. The first kappa shape index (κ1) is 16.5. The van der Waals surface area contributed by atoms with Crippen LogP contribution in [0.5, 0.6) is 5.75 Å². The van der Waals surface area contributed by atoms with Gasteiger partial charge in [0, 0.05) is 20.6 Å². The van der Waals surface area contributed by atoms with Crippen molar-refractivity contribution in [3.8, 4) is 5.75 Å². The number of hydrogen-bond acceptors (Lipinski definition) is 4. The van der Waals surface area contributed by atoms with Gasteiger partial charge in [0.1, 0.15) is 10.6 Å². The second-order valence-electron chi connectivity index (χ2n) is 4.59. The Hall–Kier alpha value is -1.60. The number of nitrogens with zero attached hydrogens (tertiary/aromatic N) is 2. The Kier molecular flexibility index (Phi) is 5.52. The van der Waals surface area contributed by atoms with Crippen LogP contribution in [0.1, 0.15) is 13.3 Å². The summed E-state index contributed by atoms with van der Waals surface area (Å²) in [5.74, 6) is -0.622. The van der Waals surface area contributed by atoms with Gasteiger partial charge in [0.2, 0.25) is 15.9 Å². The fourth-order valence-electron chi connectivity index (χ4n) is 1.64. The lowest BCUT2D eigenvalue weighted by atomic mass is 10.3. The number of sulfonamides is 1. The Balaban J connectivity index is 3.13. The molecule has 0 radical (unpaired) electrons. The fraction of sp³-hybridized carbons (Fsp3) is 0.462. The van der Waals surface area contributed by atoms with Crippen molar-refractivity contribution in [3.05, 3.63) is 24.3 Å². The molecule has 6 nitrogen and oxygen atoms in total. The summed E-state index contributed by atoms with van der Waals surface area (Å²) in [5.41, 5.74) is 0. The number of benzene rings is 1. The molecule has 0 aliphatic heterocycles. The van der Waals surface area contributed by atoms with E-state index in [-0.39, 0.29) is 29.6 Å². The van der Waals surface area contributed by atoms with E-state index in [1.165, 1.54) is 23.1 Å². The molecule has 112 valence electrons. The molecule has 1 aromatic rings. The van der Waals surface area contributed by atoms with E-state index < -0.39 is 10.0 Å². The number of hydrogen-bond donors (Lipinski definition) is 1. The van der Waals surface area contributed by atoms with Gasteiger partial charge in [0.25, 0.3) is 0 Å². The van der Waals surface area contributed by atoms with Crippen LogP contribution in [0.4, 0.5) is 0 Å². The number of aromatic hydroxyl groups is 1. The van der Waals surface area contributed by atoms with E-state index in [1.807, 2.05) is 6.92 Å². The molecule has 1 amide bonds. The number of carbonyl (C=O) groups excluding carboxylic acids is 1. The summed E-state index contributed by atoms with van der Waals surface area (Å²) < 4.78 is 26.1. The molecule has 0 aliphatic carbocycles. The minimum absolute atomic E-state index is 0.181. The van der Waals surface area contributed by atoms with Crippen LogP contribution in [0.25, 0.3) is 0 Å². The highest BCUT2D eigenvalue weighted by molar-refractivity contribution is 7.89. The Labute approximate surface area is 119 Å². The quantitative estimate of drug-likeness (QED) is 0.846. The average molecular weight is 300 g/mol. The van der Waals surface area contributed by atoms with Gasteiger partial charge in [-0.1, -0.05) is 19.1 Å². The maximum absolute atomic E-state index is 12.5. The van der Waals surface area contributed by atoms with Crippen molar-refractivity contribution in [2.24, 2.45) is 0 Å². The van der Waals surface area contributed by atoms with Crippen molar-refractivity contribution in [1.29, 1.82) is 0 Å². The van der Waals surface area contributed by atoms with Gasteiger partial charge >= 0.3 is 0 Å². The molecule has 0 saturated heterocycles. The molecule has 0 aromatic heterocycles. The summed E-state index contributed by atoms with van der Waals surface area (Å²) >= 11 is 0. The van der Waals surface area contributed by atoms with E-state index in [0.29, 0.717) is 6.42 Å². The molecule has 1 N–H and O–H groups in total. The molecule has 0 fully saturated rings. The molecule has 0 spiro atoms. The van der Waals surface area contributed by atoms with Crippen molar-refractivity contribution >= 4 is 15.9 Å². The molecule has 1 aromatic carbocycles. The summed E-state index contributed by atoms with van der Waals surface area (Å²) in [4.78, 5) is 12.9. The van der Waals surface area contributed by atoms with Crippen LogP contribution < -0.4 is 0 Å². The molecule has 0 atom stereocenters. The van der Waals surface area contributed by atoms with Gasteiger partial charge in [-0.05, 0) is 18.6 Å². The summed E-state index contributed by atoms with van der Waals surface area (Å²) in [6, 6.07) is 5.71. The number of carbonyl (C=O) groups is 1. The first-order chi connectivity index (χ1) is 9.30. The number of phenols is 1. The third-order valence-electron chi connectivity index (χ3n) is 2.77. The van der Waals surface area contributed by atoms with Crippen LogP contribution >= 0.6 is 0 Å². The van der Waals surface area contributed by atoms with Crippen molar-refractivity contribution in [1.82, 2.24) is 9.21 Å². The molecule has 0 saturated carbocycles. The Bertz CT molecular complexity index is 569. The molecule has 1 rings (SSSR count). The normalized spacial score (nSPS) is 11.6. The molecule has 20 heavy (non-hydrogen) atoms. The van der Waals surface area contributed by atoms with Crippen LogP contribution in [0.2, 0.25) is 0 Å². The third kappa shape index (κ3) is 3.71. The standard InChI is InChI=1S/C13H20N2O4S/c1-4-9-15(10-13(17)14(2)3)20(18,19)12-8-6-5-7-11(12)16/h5-8,16H,4,9-10H2,1-3H3. The average Bonchev–Trinajstić information content (AvgIpc) is 2.38. The van der Waals surface area contributed by atoms with Gasteiger partial charge in [-0.15, -0.1) is 0 Å². The maximum atomic E-state index is 12.5. The number of amides is 1. The topological polar surface area (TPSA) is 77.9 Å². The summed E-state index contributed by atoms with van der Waals surface area (Å²) in [5, 5.41) is 9.71. The Morgan fingerprint density at radius 2 is 1.85 bits per heavy atom. The molecule has 0 unspecified atom stereocenters. The monoisotopic (exact) mass is 300 g/mol. The number of para-hydroxylation sites is 1. The summed E-state index contributed by atoms with van der Waals surface area (Å²) in [6.07, 6.45) is 0.577. The van der Waals surface area contributed by atoms with Gasteiger partial charge in [0.05, 0.1) is 6.54 Å². The first-order valence-corrected chi connectivity index (χ1v) is 7.73. The van der Waals surface area contributed by atoms with Crippen LogP contribution in [0, 0.1) is 0 Å². The lowest BCUT2D eigenvalue weighted by Crippen LogP contribution is -2.40. The number of phenolic OH excluding ortho intramolecular Hbond substituents is 1. The van der Waals surface area contributed by atoms with Crippen molar-refractivity contribution in [2.75, 3.05) is 27.2 Å². The molecule has 0 aliphatic rings. The highest BCUT2D eigenvalue weighted by Crippen LogP contribution is 2.25. The fourth-order valence-corrected chi connectivity index (χ4v) is 3.20. The van der Waals surface area contributed by atoms with E-state index >= 15 is 0 Å². The smallest absolute Gasteiger partial charge is 0.247 e. The highest BCUT2D eigenvalue weighted by Gasteiger charge is 2.28. The SMILES string of the molecule is CCCN(CC(=O)N(C)C)S(=O)(=O)c1ccccc1O. The molecule has 0 heterocycles. The minimum Gasteiger partial charge on any atom is -0.507 e. The van der Waals surface area contributed by atoms with Crippen LogP contribution in [0.3, 0.4) is 0 Å². The minimum atomic E-state index is -3.89. The Morgan fingerprint density at radius 1 is 1.25 bits per heavy atom.